The van der Waals surface area contributed by atoms with Crippen LogP contribution in [0.5, 0.6) is 17.2 Å². The molecule has 0 atom stereocenters. The maximum absolute atomic E-state index is 12.8. The van der Waals surface area contributed by atoms with E-state index in [0.29, 0.717) is 22.8 Å². The van der Waals surface area contributed by atoms with Crippen molar-refractivity contribution in [3.8, 4) is 17.2 Å². The lowest BCUT2D eigenvalue weighted by molar-refractivity contribution is 0.104. The fourth-order valence-electron chi connectivity index (χ4n) is 2.61. The predicted octanol–water partition coefficient (Wildman–Crippen LogP) is 5.47. The molecule has 0 spiro atoms. The van der Waals surface area contributed by atoms with Crippen molar-refractivity contribution in [1.29, 1.82) is 0 Å². The predicted molar refractivity (Wildman–Crippen MR) is 109 cm³/mol. The molecule has 0 saturated carbocycles. The van der Waals surface area contributed by atoms with Gasteiger partial charge in [0.05, 0.1) is 14.2 Å². The van der Waals surface area contributed by atoms with Crippen molar-refractivity contribution in [1.82, 2.24) is 0 Å². The third kappa shape index (κ3) is 5.14. The van der Waals surface area contributed by atoms with Crippen LogP contribution in [0.1, 0.15) is 35.3 Å². The largest absolute Gasteiger partial charge is 0.507 e. The summed E-state index contributed by atoms with van der Waals surface area (Å²) in [6.07, 6.45) is 5.44. The van der Waals surface area contributed by atoms with Gasteiger partial charge in [-0.1, -0.05) is 41.5 Å². The van der Waals surface area contributed by atoms with Crippen LogP contribution in [0.2, 0.25) is 5.02 Å². The van der Waals surface area contributed by atoms with Gasteiger partial charge < -0.3 is 14.6 Å². The quantitative estimate of drug-likeness (QED) is 0.389. The number of rotatable bonds is 7. The fraction of sp³-hybridized carbons (Fsp3) is 0.227. The lowest BCUT2D eigenvalue weighted by Crippen LogP contribution is -2.04. The first-order valence-corrected chi connectivity index (χ1v) is 8.83. The zero-order chi connectivity index (χ0) is 20.0. The van der Waals surface area contributed by atoms with E-state index in [2.05, 4.69) is 0 Å². The average molecular weight is 387 g/mol. The number of benzene rings is 2. The Morgan fingerprint density at radius 2 is 1.85 bits per heavy atom. The Morgan fingerprint density at radius 1 is 1.15 bits per heavy atom. The molecule has 0 aliphatic carbocycles. The highest BCUT2D eigenvalue weighted by Crippen LogP contribution is 2.39. The number of ketones is 1. The number of carbonyl (C=O) groups excluding carboxylic acids is 1. The summed E-state index contributed by atoms with van der Waals surface area (Å²) in [6.45, 7) is 3.93. The molecule has 5 heteroatoms. The van der Waals surface area contributed by atoms with Gasteiger partial charge in [-0.15, -0.1) is 0 Å². The van der Waals surface area contributed by atoms with E-state index in [-0.39, 0.29) is 22.8 Å². The Labute approximate surface area is 164 Å². The highest BCUT2D eigenvalue weighted by Gasteiger charge is 2.22. The van der Waals surface area contributed by atoms with E-state index < -0.39 is 0 Å². The maximum Gasteiger partial charge on any atom is 0.193 e. The Kier molecular flexibility index (Phi) is 7.08. The van der Waals surface area contributed by atoms with Crippen LogP contribution in [0.15, 0.2) is 48.1 Å². The standard InChI is InChI=1S/C22H23ClO4/c1-14(2)8-10-17-19(26-3)13-20(27-4)21(22(17)25)18(24)11-9-15-6-5-7-16(23)12-15/h5-9,11-13,25H,10H2,1-4H3/b11-9+. The molecule has 2 aromatic rings. The minimum atomic E-state index is -0.370. The van der Waals surface area contributed by atoms with E-state index in [1.165, 1.54) is 20.3 Å². The molecule has 0 saturated heterocycles. The van der Waals surface area contributed by atoms with Gasteiger partial charge >= 0.3 is 0 Å². The first-order chi connectivity index (χ1) is 12.9. The molecule has 0 aliphatic heterocycles. The topological polar surface area (TPSA) is 55.8 Å². The Bertz CT molecular complexity index is 893. The van der Waals surface area contributed by atoms with E-state index >= 15 is 0 Å². The van der Waals surface area contributed by atoms with Crippen LogP contribution in [0.3, 0.4) is 0 Å². The average Bonchev–Trinajstić information content (AvgIpc) is 2.64. The van der Waals surface area contributed by atoms with Crippen LogP contribution in [-0.4, -0.2) is 25.1 Å². The normalized spacial score (nSPS) is 10.7. The van der Waals surface area contributed by atoms with Crippen LogP contribution in [0, 0.1) is 0 Å². The van der Waals surface area contributed by atoms with Gasteiger partial charge in [-0.25, -0.2) is 0 Å². The van der Waals surface area contributed by atoms with Crippen molar-refractivity contribution in [3.63, 3.8) is 0 Å². The number of hydrogen-bond acceptors (Lipinski definition) is 4. The van der Waals surface area contributed by atoms with Crippen LogP contribution >= 0.6 is 11.6 Å². The second-order valence-electron chi connectivity index (χ2n) is 6.22. The van der Waals surface area contributed by atoms with Crippen LogP contribution < -0.4 is 9.47 Å². The first-order valence-electron chi connectivity index (χ1n) is 8.45. The third-order valence-electron chi connectivity index (χ3n) is 4.01. The lowest BCUT2D eigenvalue weighted by Gasteiger charge is -2.15. The van der Waals surface area contributed by atoms with Crippen molar-refractivity contribution in [3.05, 3.63) is 69.8 Å². The van der Waals surface area contributed by atoms with Gasteiger partial charge in [0, 0.05) is 16.7 Å². The molecule has 2 aromatic carbocycles. The monoisotopic (exact) mass is 386 g/mol. The van der Waals surface area contributed by atoms with Crippen LogP contribution in [0.25, 0.3) is 6.08 Å². The van der Waals surface area contributed by atoms with E-state index in [1.807, 2.05) is 26.0 Å². The summed E-state index contributed by atoms with van der Waals surface area (Å²) in [5.74, 6) is 0.220. The van der Waals surface area contributed by atoms with Gasteiger partial charge in [-0.2, -0.15) is 0 Å². The van der Waals surface area contributed by atoms with Gasteiger partial charge in [0.25, 0.3) is 0 Å². The minimum absolute atomic E-state index is 0.105. The van der Waals surface area contributed by atoms with Gasteiger partial charge in [0.1, 0.15) is 22.8 Å². The van der Waals surface area contributed by atoms with E-state index in [0.717, 1.165) is 11.1 Å². The fourth-order valence-corrected chi connectivity index (χ4v) is 2.81. The minimum Gasteiger partial charge on any atom is -0.507 e. The Hall–Kier alpha value is -2.72. The van der Waals surface area contributed by atoms with Gasteiger partial charge in [0.2, 0.25) is 0 Å². The summed E-state index contributed by atoms with van der Waals surface area (Å²) in [5.41, 5.74) is 2.53. The zero-order valence-corrected chi connectivity index (χ0v) is 16.6. The zero-order valence-electron chi connectivity index (χ0n) is 15.9. The Morgan fingerprint density at radius 3 is 2.44 bits per heavy atom. The first kappa shape index (κ1) is 20.6. The summed E-state index contributed by atoms with van der Waals surface area (Å²) in [5, 5.41) is 11.4. The summed E-state index contributed by atoms with van der Waals surface area (Å²) in [4.78, 5) is 12.8. The van der Waals surface area contributed by atoms with Crippen molar-refractivity contribution >= 4 is 23.5 Å². The van der Waals surface area contributed by atoms with Gasteiger partial charge in [-0.3, -0.25) is 4.79 Å². The molecule has 0 amide bonds. The number of halogens is 1. The van der Waals surface area contributed by atoms with Gasteiger partial charge in [-0.05, 0) is 44.0 Å². The number of ether oxygens (including phenoxy) is 2. The SMILES string of the molecule is COc1cc(OC)c(C(=O)/C=C/c2cccc(Cl)c2)c(O)c1CC=C(C)C. The highest BCUT2D eigenvalue weighted by molar-refractivity contribution is 6.30. The molecule has 27 heavy (non-hydrogen) atoms. The van der Waals surface area contributed by atoms with Crippen LogP contribution in [-0.2, 0) is 6.42 Å². The lowest BCUT2D eigenvalue weighted by atomic mass is 9.99. The number of phenolic OH excluding ortho intramolecular Hbond substituents is 1. The van der Waals surface area contributed by atoms with Crippen molar-refractivity contribution in [2.45, 2.75) is 20.3 Å². The number of carbonyl (C=O) groups is 1. The molecular weight excluding hydrogens is 364 g/mol. The number of phenols is 1. The highest BCUT2D eigenvalue weighted by atomic mass is 35.5. The number of hydrogen-bond donors (Lipinski definition) is 1. The maximum atomic E-state index is 12.8. The Balaban J connectivity index is 2.48. The van der Waals surface area contributed by atoms with Crippen LogP contribution in [0.4, 0.5) is 0 Å². The second-order valence-corrected chi connectivity index (χ2v) is 6.66. The van der Waals surface area contributed by atoms with Gasteiger partial charge in [0.15, 0.2) is 5.78 Å². The smallest absolute Gasteiger partial charge is 0.193 e. The summed E-state index contributed by atoms with van der Waals surface area (Å²) < 4.78 is 10.7. The van der Waals surface area contributed by atoms with E-state index in [1.54, 1.807) is 30.3 Å². The number of methoxy groups -OCH3 is 2. The summed E-state index contributed by atoms with van der Waals surface area (Å²) >= 11 is 5.97. The molecule has 142 valence electrons. The molecule has 0 unspecified atom stereocenters. The molecular formula is C22H23ClO4. The third-order valence-corrected chi connectivity index (χ3v) is 4.24. The molecule has 0 aliphatic rings. The molecule has 0 bridgehead atoms. The molecule has 0 aromatic heterocycles. The molecule has 4 nitrogen and oxygen atoms in total. The van der Waals surface area contributed by atoms with E-state index in [4.69, 9.17) is 21.1 Å². The second kappa shape index (κ2) is 9.28. The molecule has 2 rings (SSSR count). The molecule has 0 radical (unpaired) electrons. The van der Waals surface area contributed by atoms with E-state index in [9.17, 15) is 9.90 Å². The summed E-state index contributed by atoms with van der Waals surface area (Å²) in [7, 11) is 2.96. The van der Waals surface area contributed by atoms with Crippen molar-refractivity contribution < 1.29 is 19.4 Å². The molecule has 0 fully saturated rings. The number of aromatic hydroxyl groups is 1. The van der Waals surface area contributed by atoms with Crippen molar-refractivity contribution in [2.75, 3.05) is 14.2 Å². The summed E-state index contributed by atoms with van der Waals surface area (Å²) in [6, 6.07) is 8.76. The molecule has 1 N–H and O–H groups in total. The van der Waals surface area contributed by atoms with Crippen molar-refractivity contribution in [2.24, 2.45) is 0 Å². The molecule has 0 heterocycles. The number of allylic oxidation sites excluding steroid dienone is 3.